The largest absolute Gasteiger partial charge is 0.466 e. The highest BCUT2D eigenvalue weighted by atomic mass is 17.2. The first-order chi connectivity index (χ1) is 10.8. The van der Waals surface area contributed by atoms with E-state index in [-0.39, 0.29) is 5.97 Å². The second kappa shape index (κ2) is 17.0. The molecule has 0 aliphatic rings. The second-order valence-corrected chi connectivity index (χ2v) is 4.62. The lowest BCUT2D eigenvalue weighted by Gasteiger charge is -2.04. The van der Waals surface area contributed by atoms with Gasteiger partial charge in [0.1, 0.15) is 0 Å². The summed E-state index contributed by atoms with van der Waals surface area (Å²) in [5.41, 5.74) is 0. The molecule has 0 atom stereocenters. The molecule has 0 radical (unpaired) electrons. The summed E-state index contributed by atoms with van der Waals surface area (Å²) in [6.07, 6.45) is 14.5. The van der Waals surface area contributed by atoms with Crippen molar-refractivity contribution in [2.24, 2.45) is 0 Å². The smallest absolute Gasteiger partial charge is 0.305 e. The van der Waals surface area contributed by atoms with Crippen LogP contribution in [-0.2, 0) is 19.3 Å². The van der Waals surface area contributed by atoms with Crippen LogP contribution in [0.15, 0.2) is 0 Å². The Morgan fingerprint density at radius 1 is 0.955 bits per heavy atom. The molecule has 22 heavy (non-hydrogen) atoms. The Bertz CT molecular complexity index is 440. The summed E-state index contributed by atoms with van der Waals surface area (Å²) in [7, 11) is 0. The number of terminal acetylenes is 1. The fraction of sp³-hybridized carbons (Fsp3) is 0.611. The van der Waals surface area contributed by atoms with Crippen LogP contribution in [0.3, 0.4) is 0 Å². The number of carbonyl (C=O) groups is 1. The standard InChI is InChI=1S/C18H24O4/c1-3-5-7-12-16-21-22-17-13-9-8-11-15-20-18(19)14-10-6-4-2/h1H,4,6,8-11,13-15,17H2,2H3. The van der Waals surface area contributed by atoms with Gasteiger partial charge in [-0.25, -0.2) is 0 Å². The summed E-state index contributed by atoms with van der Waals surface area (Å²) >= 11 is 0. The van der Waals surface area contributed by atoms with Crippen LogP contribution < -0.4 is 0 Å². The average molecular weight is 304 g/mol. The van der Waals surface area contributed by atoms with Gasteiger partial charge < -0.3 is 4.74 Å². The molecule has 0 heterocycles. The quantitative estimate of drug-likeness (QED) is 0.183. The number of carbonyl (C=O) groups excluding carboxylic acids is 1. The first-order valence-electron chi connectivity index (χ1n) is 7.71. The molecule has 0 unspecified atom stereocenters. The Morgan fingerprint density at radius 2 is 1.73 bits per heavy atom. The predicted molar refractivity (Wildman–Crippen MR) is 85.0 cm³/mol. The van der Waals surface area contributed by atoms with E-state index in [1.54, 1.807) is 0 Å². The maximum atomic E-state index is 11.3. The number of rotatable bonds is 12. The average Bonchev–Trinajstić information content (AvgIpc) is 2.52. The van der Waals surface area contributed by atoms with Crippen LogP contribution >= 0.6 is 0 Å². The fourth-order valence-electron chi connectivity index (χ4n) is 1.58. The minimum absolute atomic E-state index is 0.0864. The Labute approximate surface area is 133 Å². The van der Waals surface area contributed by atoms with Crippen molar-refractivity contribution in [2.75, 3.05) is 13.2 Å². The summed E-state index contributed by atoms with van der Waals surface area (Å²) < 4.78 is 5.14. The SMILES string of the molecule is C#CC#CC#COOCCCCCCOC(=O)CCCCC. The molecule has 0 saturated carbocycles. The topological polar surface area (TPSA) is 44.8 Å². The molecular formula is C18H24O4. The maximum Gasteiger partial charge on any atom is 0.305 e. The number of esters is 1. The molecule has 0 saturated heterocycles. The van der Waals surface area contributed by atoms with Crippen LogP contribution in [0.4, 0.5) is 0 Å². The Balaban J connectivity index is 3.25. The van der Waals surface area contributed by atoms with E-state index in [2.05, 4.69) is 41.6 Å². The molecule has 0 spiro atoms. The van der Waals surface area contributed by atoms with Crippen molar-refractivity contribution >= 4 is 5.97 Å². The number of ether oxygens (including phenoxy) is 1. The summed E-state index contributed by atoms with van der Waals surface area (Å²) in [6.45, 7) is 3.08. The number of hydrogen-bond donors (Lipinski definition) is 0. The maximum absolute atomic E-state index is 11.3. The lowest BCUT2D eigenvalue weighted by Crippen LogP contribution is -2.05. The first-order valence-corrected chi connectivity index (χ1v) is 7.71. The summed E-state index contributed by atoms with van der Waals surface area (Å²) in [4.78, 5) is 20.7. The van der Waals surface area contributed by atoms with Gasteiger partial charge in [-0.2, -0.15) is 4.89 Å². The van der Waals surface area contributed by atoms with Crippen molar-refractivity contribution < 1.29 is 19.3 Å². The molecule has 0 fully saturated rings. The molecule has 0 amide bonds. The third kappa shape index (κ3) is 16.0. The number of hydrogen-bond acceptors (Lipinski definition) is 4. The van der Waals surface area contributed by atoms with Crippen LogP contribution in [0.5, 0.6) is 0 Å². The van der Waals surface area contributed by atoms with E-state index in [0.717, 1.165) is 44.9 Å². The summed E-state index contributed by atoms with van der Waals surface area (Å²) in [6, 6.07) is 0. The highest BCUT2D eigenvalue weighted by Crippen LogP contribution is 2.03. The Morgan fingerprint density at radius 3 is 2.45 bits per heavy atom. The third-order valence-corrected chi connectivity index (χ3v) is 2.72. The zero-order valence-electron chi connectivity index (χ0n) is 13.3. The van der Waals surface area contributed by atoms with E-state index in [1.807, 2.05) is 0 Å². The minimum Gasteiger partial charge on any atom is -0.466 e. The van der Waals surface area contributed by atoms with Gasteiger partial charge >= 0.3 is 5.97 Å². The molecule has 0 N–H and O–H groups in total. The normalized spacial score (nSPS) is 8.73. The number of unbranched alkanes of at least 4 members (excludes halogenated alkanes) is 5. The van der Waals surface area contributed by atoms with Gasteiger partial charge in [-0.05, 0) is 37.5 Å². The molecule has 120 valence electrons. The Hall–Kier alpha value is -2.09. The van der Waals surface area contributed by atoms with Crippen molar-refractivity contribution in [3.05, 3.63) is 0 Å². The molecule has 0 aromatic rings. The van der Waals surface area contributed by atoms with Gasteiger partial charge in [0.15, 0.2) is 6.11 Å². The summed E-state index contributed by atoms with van der Waals surface area (Å²) in [5.74, 6) is 9.15. The molecule has 0 rings (SSSR count). The van der Waals surface area contributed by atoms with Crippen LogP contribution in [-0.4, -0.2) is 19.2 Å². The molecule has 4 heteroatoms. The lowest BCUT2D eigenvalue weighted by atomic mass is 10.2. The van der Waals surface area contributed by atoms with E-state index in [1.165, 1.54) is 0 Å². The molecule has 0 bridgehead atoms. The van der Waals surface area contributed by atoms with E-state index in [9.17, 15) is 4.79 Å². The van der Waals surface area contributed by atoms with Crippen molar-refractivity contribution in [1.82, 2.24) is 0 Å². The highest BCUT2D eigenvalue weighted by molar-refractivity contribution is 5.69. The van der Waals surface area contributed by atoms with Gasteiger partial charge in [0.25, 0.3) is 0 Å². The van der Waals surface area contributed by atoms with Crippen LogP contribution in [0.25, 0.3) is 0 Å². The zero-order valence-corrected chi connectivity index (χ0v) is 13.3. The van der Waals surface area contributed by atoms with E-state index in [4.69, 9.17) is 16.0 Å². The molecule has 0 aliphatic heterocycles. The van der Waals surface area contributed by atoms with Crippen molar-refractivity contribution in [3.8, 4) is 36.2 Å². The van der Waals surface area contributed by atoms with Crippen LogP contribution in [0, 0.1) is 36.2 Å². The Kier molecular flexibility index (Phi) is 15.4. The van der Waals surface area contributed by atoms with Crippen molar-refractivity contribution in [1.29, 1.82) is 0 Å². The van der Waals surface area contributed by atoms with Crippen molar-refractivity contribution in [3.63, 3.8) is 0 Å². The summed E-state index contributed by atoms with van der Waals surface area (Å²) in [5, 5.41) is 0. The van der Waals surface area contributed by atoms with Crippen LogP contribution in [0.1, 0.15) is 58.3 Å². The molecule has 0 aromatic heterocycles. The highest BCUT2D eigenvalue weighted by Gasteiger charge is 2.01. The van der Waals surface area contributed by atoms with Gasteiger partial charge in [0.05, 0.1) is 13.2 Å². The molecule has 4 nitrogen and oxygen atoms in total. The lowest BCUT2D eigenvalue weighted by molar-refractivity contribution is -0.236. The molecule has 0 aliphatic carbocycles. The van der Waals surface area contributed by atoms with Gasteiger partial charge in [0, 0.05) is 18.3 Å². The van der Waals surface area contributed by atoms with Gasteiger partial charge in [-0.3, -0.25) is 9.68 Å². The van der Waals surface area contributed by atoms with Crippen molar-refractivity contribution in [2.45, 2.75) is 58.3 Å². The van der Waals surface area contributed by atoms with E-state index in [0.29, 0.717) is 19.6 Å². The van der Waals surface area contributed by atoms with Gasteiger partial charge in [0.2, 0.25) is 0 Å². The van der Waals surface area contributed by atoms with Crippen LogP contribution in [0.2, 0.25) is 0 Å². The monoisotopic (exact) mass is 304 g/mol. The fourth-order valence-corrected chi connectivity index (χ4v) is 1.58. The second-order valence-electron chi connectivity index (χ2n) is 4.62. The zero-order chi connectivity index (χ0) is 16.3. The predicted octanol–water partition coefficient (Wildman–Crippen LogP) is 3.22. The van der Waals surface area contributed by atoms with E-state index < -0.39 is 0 Å². The molecular weight excluding hydrogens is 280 g/mol. The third-order valence-electron chi connectivity index (χ3n) is 2.72. The minimum atomic E-state index is -0.0864. The first kappa shape index (κ1) is 19.9. The van der Waals surface area contributed by atoms with Gasteiger partial charge in [-0.15, -0.1) is 6.42 Å². The van der Waals surface area contributed by atoms with E-state index >= 15 is 0 Å². The van der Waals surface area contributed by atoms with Gasteiger partial charge in [-0.1, -0.05) is 26.2 Å². The molecule has 0 aromatic carbocycles.